The van der Waals surface area contributed by atoms with Gasteiger partial charge in [-0.3, -0.25) is 4.79 Å². The monoisotopic (exact) mass is 280 g/mol. The van der Waals surface area contributed by atoms with Crippen LogP contribution in [0.3, 0.4) is 0 Å². The Bertz CT molecular complexity index is 562. The number of hydrogen-bond donors (Lipinski definition) is 1. The zero-order chi connectivity index (χ0) is 11.5. The van der Waals surface area contributed by atoms with Gasteiger partial charge in [0.25, 0.3) is 5.56 Å². The molecule has 0 saturated heterocycles. The maximum Gasteiger partial charge on any atom is 0.270 e. The molecule has 0 aliphatic rings. The number of alkyl halides is 1. The molecule has 16 heavy (non-hydrogen) atoms. The van der Waals surface area contributed by atoms with E-state index in [-0.39, 0.29) is 5.56 Å². The van der Waals surface area contributed by atoms with Crippen LogP contribution in [-0.4, -0.2) is 9.97 Å². The second-order valence-corrected chi connectivity index (χ2v) is 4.31. The molecule has 1 N–H and O–H groups in total. The molecule has 1 aromatic heterocycles. The molecule has 0 amide bonds. The summed E-state index contributed by atoms with van der Waals surface area (Å²) in [4.78, 5) is 19.0. The van der Waals surface area contributed by atoms with Gasteiger partial charge in [0.2, 0.25) is 0 Å². The Kier molecular flexibility index (Phi) is 3.39. The van der Waals surface area contributed by atoms with Crippen molar-refractivity contribution in [3.63, 3.8) is 0 Å². The fraction of sp³-hybridized carbons (Fsp3) is 0.333. The number of aryl methyl sites for hydroxylation is 1. The number of aromatic nitrogens is 2. The predicted molar refractivity (Wildman–Crippen MR) is 69.0 cm³/mol. The summed E-state index contributed by atoms with van der Waals surface area (Å²) in [6.07, 6.45) is 1.66. The smallest absolute Gasteiger partial charge is 0.270 e. The third-order valence-electron chi connectivity index (χ3n) is 2.47. The Labute approximate surface area is 102 Å². The van der Waals surface area contributed by atoms with Crippen molar-refractivity contribution in [2.75, 3.05) is 0 Å². The molecular formula is C12H13BrN2O. The van der Waals surface area contributed by atoms with E-state index in [0.29, 0.717) is 5.69 Å². The average molecular weight is 281 g/mol. The molecule has 4 heteroatoms. The summed E-state index contributed by atoms with van der Waals surface area (Å²) >= 11 is 3.39. The molecule has 3 nitrogen and oxygen atoms in total. The Balaban J connectivity index is 2.59. The molecule has 0 fully saturated rings. The molecule has 0 unspecified atom stereocenters. The van der Waals surface area contributed by atoms with Crippen molar-refractivity contribution < 1.29 is 0 Å². The van der Waals surface area contributed by atoms with Crippen molar-refractivity contribution in [2.24, 2.45) is 0 Å². The second-order valence-electron chi connectivity index (χ2n) is 3.75. The van der Waals surface area contributed by atoms with Crippen molar-refractivity contribution in [2.45, 2.75) is 25.1 Å². The minimum absolute atomic E-state index is 0.0685. The van der Waals surface area contributed by atoms with E-state index in [1.165, 1.54) is 0 Å². The minimum Gasteiger partial charge on any atom is -0.319 e. The Morgan fingerprint density at radius 1 is 1.44 bits per heavy atom. The third kappa shape index (κ3) is 2.16. The van der Waals surface area contributed by atoms with Gasteiger partial charge in [0, 0.05) is 5.33 Å². The lowest BCUT2D eigenvalue weighted by Crippen LogP contribution is -2.14. The van der Waals surface area contributed by atoms with Gasteiger partial charge in [0.15, 0.2) is 0 Å². The quantitative estimate of drug-likeness (QED) is 0.879. The van der Waals surface area contributed by atoms with E-state index >= 15 is 0 Å². The standard InChI is InChI=1S/C12H13BrN2O/c1-2-3-10-12(16)15-11-6-8(7-13)4-5-9(11)14-10/h4-6H,2-3,7H2,1H3,(H,15,16). The van der Waals surface area contributed by atoms with Crippen LogP contribution >= 0.6 is 15.9 Å². The van der Waals surface area contributed by atoms with Crippen molar-refractivity contribution in [1.29, 1.82) is 0 Å². The predicted octanol–water partition coefficient (Wildman–Crippen LogP) is 2.77. The van der Waals surface area contributed by atoms with Crippen molar-refractivity contribution in [3.05, 3.63) is 39.8 Å². The molecule has 2 aromatic rings. The van der Waals surface area contributed by atoms with Crippen molar-refractivity contribution >= 4 is 27.0 Å². The number of aromatic amines is 1. The largest absolute Gasteiger partial charge is 0.319 e. The molecule has 0 aliphatic carbocycles. The fourth-order valence-corrected chi connectivity index (χ4v) is 2.01. The number of rotatable bonds is 3. The number of hydrogen-bond acceptors (Lipinski definition) is 2. The molecule has 1 heterocycles. The zero-order valence-electron chi connectivity index (χ0n) is 9.09. The summed E-state index contributed by atoms with van der Waals surface area (Å²) < 4.78 is 0. The van der Waals surface area contributed by atoms with Gasteiger partial charge in [0.1, 0.15) is 5.69 Å². The summed E-state index contributed by atoms with van der Waals surface area (Å²) in [5.74, 6) is 0. The molecule has 0 radical (unpaired) electrons. The van der Waals surface area contributed by atoms with E-state index in [1.807, 2.05) is 25.1 Å². The van der Waals surface area contributed by atoms with Crippen LogP contribution in [0.4, 0.5) is 0 Å². The topological polar surface area (TPSA) is 45.8 Å². The molecule has 0 atom stereocenters. The summed E-state index contributed by atoms with van der Waals surface area (Å²) in [5, 5.41) is 0.779. The summed E-state index contributed by atoms with van der Waals surface area (Å²) in [5.41, 5.74) is 3.35. The van der Waals surface area contributed by atoms with E-state index in [4.69, 9.17) is 0 Å². The van der Waals surface area contributed by atoms with E-state index in [0.717, 1.165) is 34.8 Å². The van der Waals surface area contributed by atoms with Gasteiger partial charge in [-0.05, 0) is 24.1 Å². The highest BCUT2D eigenvalue weighted by Gasteiger charge is 2.04. The first-order valence-electron chi connectivity index (χ1n) is 5.32. The molecule has 0 bridgehead atoms. The van der Waals surface area contributed by atoms with Crippen LogP contribution in [0.1, 0.15) is 24.6 Å². The Morgan fingerprint density at radius 3 is 2.94 bits per heavy atom. The van der Waals surface area contributed by atoms with Crippen LogP contribution in [0.2, 0.25) is 0 Å². The van der Waals surface area contributed by atoms with E-state index in [2.05, 4.69) is 25.9 Å². The van der Waals surface area contributed by atoms with Gasteiger partial charge < -0.3 is 4.98 Å². The van der Waals surface area contributed by atoms with E-state index < -0.39 is 0 Å². The lowest BCUT2D eigenvalue weighted by Gasteiger charge is -2.02. The lowest BCUT2D eigenvalue weighted by molar-refractivity contribution is 0.867. The normalized spacial score (nSPS) is 10.9. The second kappa shape index (κ2) is 4.78. The summed E-state index contributed by atoms with van der Waals surface area (Å²) in [7, 11) is 0. The zero-order valence-corrected chi connectivity index (χ0v) is 10.7. The van der Waals surface area contributed by atoms with E-state index in [9.17, 15) is 4.79 Å². The SMILES string of the molecule is CCCc1nc2ccc(CBr)cc2[nH]c1=O. The molecule has 2 rings (SSSR count). The minimum atomic E-state index is -0.0685. The number of fused-ring (bicyclic) bond motifs is 1. The maximum atomic E-state index is 11.7. The number of nitrogens with one attached hydrogen (secondary N) is 1. The van der Waals surface area contributed by atoms with Crippen LogP contribution in [0.25, 0.3) is 11.0 Å². The van der Waals surface area contributed by atoms with Crippen LogP contribution in [-0.2, 0) is 11.8 Å². The van der Waals surface area contributed by atoms with Gasteiger partial charge in [0.05, 0.1) is 11.0 Å². The molecule has 1 aromatic carbocycles. The average Bonchev–Trinajstić information content (AvgIpc) is 2.30. The van der Waals surface area contributed by atoms with Crippen LogP contribution in [0, 0.1) is 0 Å². The molecule has 0 saturated carbocycles. The Morgan fingerprint density at radius 2 is 2.25 bits per heavy atom. The molecule has 0 spiro atoms. The number of nitrogens with zero attached hydrogens (tertiary/aromatic N) is 1. The van der Waals surface area contributed by atoms with E-state index in [1.54, 1.807) is 0 Å². The number of benzene rings is 1. The highest BCUT2D eigenvalue weighted by Crippen LogP contribution is 2.13. The molecule has 0 aliphatic heterocycles. The van der Waals surface area contributed by atoms with Crippen LogP contribution < -0.4 is 5.56 Å². The van der Waals surface area contributed by atoms with Gasteiger partial charge in [-0.1, -0.05) is 35.3 Å². The molecule has 84 valence electrons. The van der Waals surface area contributed by atoms with Gasteiger partial charge in [-0.2, -0.15) is 0 Å². The number of halogens is 1. The lowest BCUT2D eigenvalue weighted by atomic mass is 10.2. The first-order chi connectivity index (χ1) is 7.74. The van der Waals surface area contributed by atoms with Gasteiger partial charge >= 0.3 is 0 Å². The maximum absolute atomic E-state index is 11.7. The first kappa shape index (κ1) is 11.3. The summed E-state index contributed by atoms with van der Waals surface area (Å²) in [6.45, 7) is 2.04. The van der Waals surface area contributed by atoms with Gasteiger partial charge in [-0.15, -0.1) is 0 Å². The molecular weight excluding hydrogens is 268 g/mol. The van der Waals surface area contributed by atoms with Gasteiger partial charge in [-0.25, -0.2) is 4.98 Å². The number of H-pyrrole nitrogens is 1. The summed E-state index contributed by atoms with van der Waals surface area (Å²) in [6, 6.07) is 5.91. The van der Waals surface area contributed by atoms with Crippen LogP contribution in [0.5, 0.6) is 0 Å². The van der Waals surface area contributed by atoms with Crippen molar-refractivity contribution in [1.82, 2.24) is 9.97 Å². The third-order valence-corrected chi connectivity index (χ3v) is 3.12. The fourth-order valence-electron chi connectivity index (χ4n) is 1.66. The van der Waals surface area contributed by atoms with Crippen LogP contribution in [0.15, 0.2) is 23.0 Å². The Hall–Kier alpha value is -1.16. The first-order valence-corrected chi connectivity index (χ1v) is 6.44. The van der Waals surface area contributed by atoms with Crippen molar-refractivity contribution in [3.8, 4) is 0 Å². The highest BCUT2D eigenvalue weighted by atomic mass is 79.9. The highest BCUT2D eigenvalue weighted by molar-refractivity contribution is 9.08.